The Labute approximate surface area is 124 Å². The summed E-state index contributed by atoms with van der Waals surface area (Å²) in [5, 5.41) is 13.1. The summed E-state index contributed by atoms with van der Waals surface area (Å²) in [5.74, 6) is -0.0400. The van der Waals surface area contributed by atoms with Gasteiger partial charge in [0.15, 0.2) is 0 Å². The molecule has 1 saturated carbocycles. The van der Waals surface area contributed by atoms with E-state index in [-0.39, 0.29) is 23.7 Å². The molecular formula is C15H20ClNO3. The molecular weight excluding hydrogens is 278 g/mol. The van der Waals surface area contributed by atoms with Crippen LogP contribution in [-0.2, 0) is 9.53 Å². The molecule has 20 heavy (non-hydrogen) atoms. The molecule has 1 aromatic carbocycles. The Balaban J connectivity index is 1.95. The van der Waals surface area contributed by atoms with Gasteiger partial charge in [0.1, 0.15) is 5.75 Å². The standard InChI is InChI=1S/C15H20ClNO3/c1-2-20-15(19)10-4-3-5-11(8-10)17-12-6-7-14(18)13(16)9-12/h6-7,9-11,17-18H,2-5,8H2,1H3. The summed E-state index contributed by atoms with van der Waals surface area (Å²) in [5.41, 5.74) is 0.863. The Morgan fingerprint density at radius 2 is 2.30 bits per heavy atom. The molecule has 0 aromatic heterocycles. The Bertz CT molecular complexity index is 478. The summed E-state index contributed by atoms with van der Waals surface area (Å²) in [6.45, 7) is 2.26. The number of esters is 1. The predicted octanol–water partition coefficient (Wildman–Crippen LogP) is 3.58. The topological polar surface area (TPSA) is 58.6 Å². The van der Waals surface area contributed by atoms with Crippen molar-refractivity contribution in [2.75, 3.05) is 11.9 Å². The van der Waals surface area contributed by atoms with Gasteiger partial charge in [-0.25, -0.2) is 0 Å². The van der Waals surface area contributed by atoms with Crippen molar-refractivity contribution in [1.82, 2.24) is 0 Å². The number of hydrogen-bond acceptors (Lipinski definition) is 4. The number of hydrogen-bond donors (Lipinski definition) is 2. The van der Waals surface area contributed by atoms with E-state index in [0.29, 0.717) is 11.6 Å². The first-order valence-corrected chi connectivity index (χ1v) is 7.39. The van der Waals surface area contributed by atoms with Crippen LogP contribution in [0.3, 0.4) is 0 Å². The number of rotatable bonds is 4. The average molecular weight is 298 g/mol. The minimum atomic E-state index is -0.0947. The minimum Gasteiger partial charge on any atom is -0.506 e. The number of benzene rings is 1. The number of halogens is 1. The van der Waals surface area contributed by atoms with Crippen molar-refractivity contribution < 1.29 is 14.6 Å². The fourth-order valence-corrected chi connectivity index (χ4v) is 2.81. The third-order valence-corrected chi connectivity index (χ3v) is 3.92. The third kappa shape index (κ3) is 3.79. The second kappa shape index (κ2) is 6.84. The zero-order valence-electron chi connectivity index (χ0n) is 11.6. The molecule has 0 heterocycles. The van der Waals surface area contributed by atoms with Gasteiger partial charge in [-0.3, -0.25) is 4.79 Å². The molecule has 5 heteroatoms. The van der Waals surface area contributed by atoms with E-state index in [9.17, 15) is 9.90 Å². The van der Waals surface area contributed by atoms with Gasteiger partial charge in [-0.1, -0.05) is 18.0 Å². The van der Waals surface area contributed by atoms with E-state index in [2.05, 4.69) is 5.32 Å². The molecule has 1 fully saturated rings. The molecule has 2 rings (SSSR count). The molecule has 110 valence electrons. The van der Waals surface area contributed by atoms with Crippen molar-refractivity contribution >= 4 is 23.3 Å². The van der Waals surface area contributed by atoms with Crippen molar-refractivity contribution in [2.45, 2.75) is 38.6 Å². The Morgan fingerprint density at radius 3 is 3.00 bits per heavy atom. The fourth-order valence-electron chi connectivity index (χ4n) is 2.63. The highest BCUT2D eigenvalue weighted by molar-refractivity contribution is 6.32. The van der Waals surface area contributed by atoms with Gasteiger partial charge in [0.25, 0.3) is 0 Å². The Hall–Kier alpha value is -1.42. The Morgan fingerprint density at radius 1 is 1.50 bits per heavy atom. The van der Waals surface area contributed by atoms with Gasteiger partial charge in [0.2, 0.25) is 0 Å². The summed E-state index contributed by atoms with van der Waals surface area (Å²) in [4.78, 5) is 11.8. The lowest BCUT2D eigenvalue weighted by Crippen LogP contribution is -2.32. The van der Waals surface area contributed by atoms with Crippen LogP contribution in [0, 0.1) is 5.92 Å². The monoisotopic (exact) mass is 297 g/mol. The third-order valence-electron chi connectivity index (χ3n) is 3.61. The van der Waals surface area contributed by atoms with Gasteiger partial charge >= 0.3 is 5.97 Å². The van der Waals surface area contributed by atoms with Crippen LogP contribution in [0.2, 0.25) is 5.02 Å². The van der Waals surface area contributed by atoms with E-state index >= 15 is 0 Å². The molecule has 2 N–H and O–H groups in total. The van der Waals surface area contributed by atoms with Gasteiger partial charge in [-0.2, -0.15) is 0 Å². The minimum absolute atomic E-state index is 0.0196. The van der Waals surface area contributed by atoms with Crippen molar-refractivity contribution in [3.8, 4) is 5.75 Å². The highest BCUT2D eigenvalue weighted by Crippen LogP contribution is 2.30. The van der Waals surface area contributed by atoms with E-state index in [1.807, 2.05) is 6.92 Å². The van der Waals surface area contributed by atoms with Crippen LogP contribution < -0.4 is 5.32 Å². The summed E-state index contributed by atoms with van der Waals surface area (Å²) in [6, 6.07) is 5.29. The van der Waals surface area contributed by atoms with E-state index in [1.54, 1.807) is 18.2 Å². The largest absolute Gasteiger partial charge is 0.506 e. The van der Waals surface area contributed by atoms with Gasteiger partial charge in [-0.15, -0.1) is 0 Å². The number of phenolic OH excluding ortho intramolecular Hbond substituents is 1. The van der Waals surface area contributed by atoms with Crippen LogP contribution in [0.15, 0.2) is 18.2 Å². The summed E-state index contributed by atoms with van der Waals surface area (Å²) < 4.78 is 5.09. The molecule has 0 radical (unpaired) electrons. The number of aromatic hydroxyl groups is 1. The molecule has 0 aliphatic heterocycles. The van der Waals surface area contributed by atoms with E-state index in [4.69, 9.17) is 16.3 Å². The molecule has 1 aromatic rings. The number of nitrogens with one attached hydrogen (secondary N) is 1. The highest BCUT2D eigenvalue weighted by Gasteiger charge is 2.28. The van der Waals surface area contributed by atoms with Crippen LogP contribution in [0.5, 0.6) is 5.75 Å². The zero-order valence-corrected chi connectivity index (χ0v) is 12.3. The lowest BCUT2D eigenvalue weighted by Gasteiger charge is -2.29. The first-order chi connectivity index (χ1) is 9.60. The van der Waals surface area contributed by atoms with Crippen LogP contribution in [0.25, 0.3) is 0 Å². The number of ether oxygens (including phenoxy) is 1. The highest BCUT2D eigenvalue weighted by atomic mass is 35.5. The molecule has 0 amide bonds. The number of carbonyl (C=O) groups excluding carboxylic acids is 1. The van der Waals surface area contributed by atoms with Gasteiger partial charge in [-0.05, 0) is 44.4 Å². The van der Waals surface area contributed by atoms with Crippen molar-refractivity contribution in [3.05, 3.63) is 23.2 Å². The average Bonchev–Trinajstić information content (AvgIpc) is 2.43. The smallest absolute Gasteiger partial charge is 0.308 e. The number of phenols is 1. The van der Waals surface area contributed by atoms with Crippen LogP contribution in [0.4, 0.5) is 5.69 Å². The molecule has 1 aliphatic carbocycles. The maximum atomic E-state index is 11.8. The van der Waals surface area contributed by atoms with Crippen molar-refractivity contribution in [3.63, 3.8) is 0 Å². The van der Waals surface area contributed by atoms with Crippen molar-refractivity contribution in [1.29, 1.82) is 0 Å². The van der Waals surface area contributed by atoms with Crippen LogP contribution in [0.1, 0.15) is 32.6 Å². The second-order valence-corrected chi connectivity index (χ2v) is 5.53. The second-order valence-electron chi connectivity index (χ2n) is 5.12. The number of anilines is 1. The summed E-state index contributed by atoms with van der Waals surface area (Å²) in [7, 11) is 0. The maximum absolute atomic E-state index is 11.8. The summed E-state index contributed by atoms with van der Waals surface area (Å²) >= 11 is 5.89. The van der Waals surface area contributed by atoms with E-state index < -0.39 is 0 Å². The first-order valence-electron chi connectivity index (χ1n) is 7.01. The lowest BCUT2D eigenvalue weighted by molar-refractivity contribution is -0.149. The molecule has 2 atom stereocenters. The van der Waals surface area contributed by atoms with Crippen LogP contribution in [-0.4, -0.2) is 23.7 Å². The lowest BCUT2D eigenvalue weighted by atomic mass is 9.85. The van der Waals surface area contributed by atoms with Crippen molar-refractivity contribution in [2.24, 2.45) is 5.92 Å². The molecule has 1 aliphatic rings. The first kappa shape index (κ1) is 15.0. The van der Waals surface area contributed by atoms with Gasteiger partial charge < -0.3 is 15.2 Å². The van der Waals surface area contributed by atoms with Gasteiger partial charge in [0.05, 0.1) is 17.5 Å². The molecule has 4 nitrogen and oxygen atoms in total. The molecule has 0 bridgehead atoms. The molecule has 0 spiro atoms. The quantitative estimate of drug-likeness (QED) is 0.659. The normalized spacial score (nSPS) is 22.3. The SMILES string of the molecule is CCOC(=O)C1CCCC(Nc2ccc(O)c(Cl)c2)C1. The number of carbonyl (C=O) groups is 1. The Kier molecular flexibility index (Phi) is 5.12. The predicted molar refractivity (Wildman–Crippen MR) is 79.1 cm³/mol. The maximum Gasteiger partial charge on any atom is 0.308 e. The van der Waals surface area contributed by atoms with E-state index in [0.717, 1.165) is 31.4 Å². The van der Waals surface area contributed by atoms with E-state index in [1.165, 1.54) is 0 Å². The molecule has 2 unspecified atom stereocenters. The van der Waals surface area contributed by atoms with Gasteiger partial charge in [0, 0.05) is 11.7 Å². The van der Waals surface area contributed by atoms with Crippen LogP contribution >= 0.6 is 11.6 Å². The fraction of sp³-hybridized carbons (Fsp3) is 0.533. The summed E-state index contributed by atoms with van der Waals surface area (Å²) in [6.07, 6.45) is 3.70. The zero-order chi connectivity index (χ0) is 14.5. The molecule has 0 saturated heterocycles.